The molecule has 0 amide bonds. The summed E-state index contributed by atoms with van der Waals surface area (Å²) >= 11 is 0. The van der Waals surface area contributed by atoms with Crippen LogP contribution in [0, 0.1) is 5.92 Å². The number of sulfone groups is 1. The maximum absolute atomic E-state index is 11.5. The molecule has 1 unspecified atom stereocenters. The lowest BCUT2D eigenvalue weighted by Crippen LogP contribution is -2.15. The van der Waals surface area contributed by atoms with E-state index in [9.17, 15) is 8.42 Å². The number of benzene rings is 1. The second-order valence-electron chi connectivity index (χ2n) is 4.83. The van der Waals surface area contributed by atoms with E-state index >= 15 is 0 Å². The molecule has 18 heavy (non-hydrogen) atoms. The van der Waals surface area contributed by atoms with Gasteiger partial charge in [0, 0.05) is 18.5 Å². The Hall–Kier alpha value is -1.29. The van der Waals surface area contributed by atoms with E-state index in [2.05, 4.69) is 17.5 Å². The van der Waals surface area contributed by atoms with Gasteiger partial charge in [-0.05, 0) is 43.4 Å². The van der Waals surface area contributed by atoms with E-state index in [1.807, 2.05) is 6.07 Å². The predicted octanol–water partition coefficient (Wildman–Crippen LogP) is 2.86. The molecule has 2 rings (SSSR count). The van der Waals surface area contributed by atoms with Gasteiger partial charge in [-0.1, -0.05) is 18.2 Å². The van der Waals surface area contributed by atoms with E-state index in [-0.39, 0.29) is 0 Å². The van der Waals surface area contributed by atoms with Gasteiger partial charge in [-0.2, -0.15) is 0 Å². The van der Waals surface area contributed by atoms with Gasteiger partial charge in [-0.15, -0.1) is 0 Å². The van der Waals surface area contributed by atoms with Crippen molar-refractivity contribution in [2.45, 2.75) is 24.2 Å². The van der Waals surface area contributed by atoms with Crippen molar-refractivity contribution < 1.29 is 8.42 Å². The average molecular weight is 265 g/mol. The van der Waals surface area contributed by atoms with Gasteiger partial charge in [0.25, 0.3) is 0 Å². The normalized spacial score (nSPS) is 19.7. The fraction of sp³-hybridized carbons (Fsp3) is 0.429. The summed E-state index contributed by atoms with van der Waals surface area (Å²) in [5.74, 6) is 0.650. The number of hydrogen-bond acceptors (Lipinski definition) is 3. The van der Waals surface area contributed by atoms with Gasteiger partial charge in [0.1, 0.15) is 0 Å². The SMILES string of the molecule is CS(=O)(=O)c1cccc(NCC2CC=CCC2)c1. The zero-order chi connectivity index (χ0) is 13.0. The molecule has 0 heterocycles. The Morgan fingerprint density at radius 2 is 2.17 bits per heavy atom. The highest BCUT2D eigenvalue weighted by Crippen LogP contribution is 2.20. The first-order valence-electron chi connectivity index (χ1n) is 6.25. The molecular formula is C14H19NO2S. The number of rotatable bonds is 4. The molecule has 0 bridgehead atoms. The Morgan fingerprint density at radius 1 is 1.33 bits per heavy atom. The monoisotopic (exact) mass is 265 g/mol. The van der Waals surface area contributed by atoms with Gasteiger partial charge in [0.2, 0.25) is 0 Å². The molecule has 0 saturated carbocycles. The maximum atomic E-state index is 11.5. The van der Waals surface area contributed by atoms with Crippen LogP contribution < -0.4 is 5.32 Å². The molecule has 1 atom stereocenters. The Balaban J connectivity index is 1.99. The summed E-state index contributed by atoms with van der Waals surface area (Å²) in [5, 5.41) is 3.33. The van der Waals surface area contributed by atoms with Gasteiger partial charge >= 0.3 is 0 Å². The first-order chi connectivity index (χ1) is 8.55. The van der Waals surface area contributed by atoms with Crippen molar-refractivity contribution in [3.05, 3.63) is 36.4 Å². The smallest absolute Gasteiger partial charge is 0.175 e. The molecular weight excluding hydrogens is 246 g/mol. The summed E-state index contributed by atoms with van der Waals surface area (Å²) in [7, 11) is -3.12. The number of nitrogens with one attached hydrogen (secondary N) is 1. The third kappa shape index (κ3) is 3.60. The van der Waals surface area contributed by atoms with E-state index in [0.717, 1.165) is 25.1 Å². The number of allylic oxidation sites excluding steroid dienone is 2. The molecule has 1 aromatic rings. The molecule has 1 aliphatic carbocycles. The molecule has 1 aliphatic rings. The highest BCUT2D eigenvalue weighted by molar-refractivity contribution is 7.90. The van der Waals surface area contributed by atoms with E-state index in [4.69, 9.17) is 0 Å². The summed E-state index contributed by atoms with van der Waals surface area (Å²) in [6.07, 6.45) is 9.14. The molecule has 1 N–H and O–H groups in total. The lowest BCUT2D eigenvalue weighted by molar-refractivity contribution is 0.504. The molecule has 0 aliphatic heterocycles. The van der Waals surface area contributed by atoms with Crippen LogP contribution in [0.3, 0.4) is 0 Å². The zero-order valence-electron chi connectivity index (χ0n) is 10.6. The van der Waals surface area contributed by atoms with E-state index in [1.165, 1.54) is 12.7 Å². The quantitative estimate of drug-likeness (QED) is 0.851. The van der Waals surface area contributed by atoms with Crippen LogP contribution in [0.25, 0.3) is 0 Å². The number of hydrogen-bond donors (Lipinski definition) is 1. The number of anilines is 1. The summed E-state index contributed by atoms with van der Waals surface area (Å²) in [6, 6.07) is 7.02. The van der Waals surface area contributed by atoms with Crippen molar-refractivity contribution in [3.8, 4) is 0 Å². The van der Waals surface area contributed by atoms with Crippen LogP contribution in [0.5, 0.6) is 0 Å². The van der Waals surface area contributed by atoms with Gasteiger partial charge in [-0.25, -0.2) is 8.42 Å². The molecule has 0 radical (unpaired) electrons. The Bertz CT molecular complexity index is 534. The van der Waals surface area contributed by atoms with Crippen molar-refractivity contribution in [3.63, 3.8) is 0 Å². The third-order valence-corrected chi connectivity index (χ3v) is 4.34. The van der Waals surface area contributed by atoms with Crippen molar-refractivity contribution in [1.29, 1.82) is 0 Å². The molecule has 0 aromatic heterocycles. The fourth-order valence-electron chi connectivity index (χ4n) is 2.14. The summed E-state index contributed by atoms with van der Waals surface area (Å²) in [4.78, 5) is 0.371. The second-order valence-corrected chi connectivity index (χ2v) is 6.85. The summed E-state index contributed by atoms with van der Waals surface area (Å²) < 4.78 is 22.9. The molecule has 0 fully saturated rings. The first kappa shape index (κ1) is 13.1. The van der Waals surface area contributed by atoms with Gasteiger partial charge in [-0.3, -0.25) is 0 Å². The van der Waals surface area contributed by atoms with Crippen LogP contribution in [-0.2, 0) is 9.84 Å². The van der Waals surface area contributed by atoms with E-state index in [1.54, 1.807) is 18.2 Å². The molecule has 4 heteroatoms. The summed E-state index contributed by atoms with van der Waals surface area (Å²) in [5.41, 5.74) is 0.882. The standard InChI is InChI=1S/C14H19NO2S/c1-18(16,17)14-9-5-8-13(10-14)15-11-12-6-3-2-4-7-12/h2-3,5,8-10,12,15H,4,6-7,11H2,1H3. The van der Waals surface area contributed by atoms with E-state index in [0.29, 0.717) is 10.8 Å². The lowest BCUT2D eigenvalue weighted by Gasteiger charge is -2.19. The van der Waals surface area contributed by atoms with Crippen molar-refractivity contribution >= 4 is 15.5 Å². The minimum atomic E-state index is -3.12. The zero-order valence-corrected chi connectivity index (χ0v) is 11.4. The van der Waals surface area contributed by atoms with Gasteiger partial charge in [0.05, 0.1) is 4.90 Å². The van der Waals surface area contributed by atoms with Crippen molar-refractivity contribution in [2.24, 2.45) is 5.92 Å². The van der Waals surface area contributed by atoms with Crippen LogP contribution in [0.15, 0.2) is 41.3 Å². The highest BCUT2D eigenvalue weighted by atomic mass is 32.2. The molecule has 1 aromatic carbocycles. The molecule has 0 spiro atoms. The summed E-state index contributed by atoms with van der Waals surface area (Å²) in [6.45, 7) is 0.900. The van der Waals surface area contributed by atoms with Crippen LogP contribution in [0.2, 0.25) is 0 Å². The molecule has 0 saturated heterocycles. The van der Waals surface area contributed by atoms with Gasteiger partial charge in [0.15, 0.2) is 9.84 Å². The predicted molar refractivity (Wildman–Crippen MR) is 74.5 cm³/mol. The van der Waals surface area contributed by atoms with Gasteiger partial charge < -0.3 is 5.32 Å². The van der Waals surface area contributed by atoms with E-state index < -0.39 is 9.84 Å². The van der Waals surface area contributed by atoms with Crippen LogP contribution in [0.1, 0.15) is 19.3 Å². The lowest BCUT2D eigenvalue weighted by atomic mass is 9.94. The Kier molecular flexibility index (Phi) is 4.07. The Morgan fingerprint density at radius 3 is 2.83 bits per heavy atom. The second kappa shape index (κ2) is 5.57. The fourth-order valence-corrected chi connectivity index (χ4v) is 2.81. The average Bonchev–Trinajstić information content (AvgIpc) is 2.37. The minimum absolute atomic E-state index is 0.371. The highest BCUT2D eigenvalue weighted by Gasteiger charge is 2.10. The van der Waals surface area contributed by atoms with Crippen molar-refractivity contribution in [2.75, 3.05) is 18.1 Å². The minimum Gasteiger partial charge on any atom is -0.385 e. The molecule has 98 valence electrons. The maximum Gasteiger partial charge on any atom is 0.175 e. The van der Waals surface area contributed by atoms with Crippen molar-refractivity contribution in [1.82, 2.24) is 0 Å². The van der Waals surface area contributed by atoms with Crippen LogP contribution >= 0.6 is 0 Å². The first-order valence-corrected chi connectivity index (χ1v) is 8.14. The largest absolute Gasteiger partial charge is 0.385 e. The van der Waals surface area contributed by atoms with Crippen LogP contribution in [-0.4, -0.2) is 21.2 Å². The molecule has 3 nitrogen and oxygen atoms in total. The third-order valence-electron chi connectivity index (χ3n) is 3.23. The topological polar surface area (TPSA) is 46.2 Å². The Labute approximate surface area is 109 Å². The van der Waals surface area contributed by atoms with Crippen LogP contribution in [0.4, 0.5) is 5.69 Å².